The minimum atomic E-state index is -0.0126. The van der Waals surface area contributed by atoms with E-state index in [1.54, 1.807) is 0 Å². The van der Waals surface area contributed by atoms with E-state index in [9.17, 15) is 9.59 Å². The third-order valence-corrected chi connectivity index (χ3v) is 4.90. The predicted molar refractivity (Wildman–Crippen MR) is 103 cm³/mol. The molecule has 2 aromatic rings. The Balaban J connectivity index is 2.02. The van der Waals surface area contributed by atoms with Crippen LogP contribution >= 0.6 is 0 Å². The number of rotatable bonds is 8. The van der Waals surface area contributed by atoms with Gasteiger partial charge in [0.25, 0.3) is 0 Å². The summed E-state index contributed by atoms with van der Waals surface area (Å²) in [6, 6.07) is 14.3. The maximum absolute atomic E-state index is 12.6. The molecule has 1 unspecified atom stereocenters. The number of Topliss-reactive ketones (excluding diaryl/α,β-unsaturated/α-hetero) is 2. The van der Waals surface area contributed by atoms with Gasteiger partial charge in [0.15, 0.2) is 0 Å². The summed E-state index contributed by atoms with van der Waals surface area (Å²) in [5.74, 6) is 0.522. The Bertz CT molecular complexity index is 758. The molecular weight excluding hydrogens is 308 g/mol. The predicted octanol–water partition coefficient (Wildman–Crippen LogP) is 4.82. The van der Waals surface area contributed by atoms with Gasteiger partial charge in [-0.15, -0.1) is 0 Å². The number of hydrogen-bond acceptors (Lipinski definition) is 2. The second-order valence-electron chi connectivity index (χ2n) is 7.00. The van der Waals surface area contributed by atoms with E-state index in [0.29, 0.717) is 19.3 Å². The SMILES string of the molecule is CCC(=O)Cc1ccc(CC(C)C(=O)Cc2ccccc2C)c(C)c1. The molecule has 0 aliphatic heterocycles. The van der Waals surface area contributed by atoms with Crippen molar-refractivity contribution in [3.05, 3.63) is 70.3 Å². The normalized spacial score (nSPS) is 12.0. The van der Waals surface area contributed by atoms with Crippen molar-refractivity contribution in [1.29, 1.82) is 0 Å². The minimum Gasteiger partial charge on any atom is -0.299 e. The minimum absolute atomic E-state index is 0.0126. The first-order chi connectivity index (χ1) is 11.9. The van der Waals surface area contributed by atoms with E-state index < -0.39 is 0 Å². The molecule has 0 spiro atoms. The first-order valence-electron chi connectivity index (χ1n) is 9.08. The Hall–Kier alpha value is -2.22. The van der Waals surface area contributed by atoms with Gasteiger partial charge in [0.2, 0.25) is 0 Å². The van der Waals surface area contributed by atoms with E-state index in [2.05, 4.69) is 19.1 Å². The van der Waals surface area contributed by atoms with Gasteiger partial charge in [0.05, 0.1) is 0 Å². The molecule has 25 heavy (non-hydrogen) atoms. The Kier molecular flexibility index (Phi) is 6.69. The van der Waals surface area contributed by atoms with Crippen LogP contribution < -0.4 is 0 Å². The molecule has 0 bridgehead atoms. The van der Waals surface area contributed by atoms with Crippen molar-refractivity contribution >= 4 is 11.6 Å². The van der Waals surface area contributed by atoms with Crippen molar-refractivity contribution < 1.29 is 9.59 Å². The molecule has 0 radical (unpaired) electrons. The summed E-state index contributed by atoms with van der Waals surface area (Å²) in [6.45, 7) is 8.02. The highest BCUT2D eigenvalue weighted by Crippen LogP contribution is 2.19. The zero-order valence-corrected chi connectivity index (χ0v) is 15.8. The Labute approximate surface area is 151 Å². The second kappa shape index (κ2) is 8.75. The van der Waals surface area contributed by atoms with Crippen molar-refractivity contribution in [3.8, 4) is 0 Å². The Morgan fingerprint density at radius 1 is 0.920 bits per heavy atom. The summed E-state index contributed by atoms with van der Waals surface area (Å²) in [5.41, 5.74) is 5.70. The maximum Gasteiger partial charge on any atom is 0.140 e. The summed E-state index contributed by atoms with van der Waals surface area (Å²) in [5, 5.41) is 0. The molecule has 1 atom stereocenters. The van der Waals surface area contributed by atoms with Crippen molar-refractivity contribution in [1.82, 2.24) is 0 Å². The Morgan fingerprint density at radius 3 is 2.28 bits per heavy atom. The van der Waals surface area contributed by atoms with Crippen LogP contribution in [0.25, 0.3) is 0 Å². The molecule has 0 saturated heterocycles. The standard InChI is InChI=1S/C23H28O2/c1-5-22(24)14-19-10-11-21(17(3)12-19)13-18(4)23(25)15-20-9-7-6-8-16(20)2/h6-12,18H,5,13-15H2,1-4H3. The van der Waals surface area contributed by atoms with Gasteiger partial charge >= 0.3 is 0 Å². The van der Waals surface area contributed by atoms with Gasteiger partial charge in [-0.1, -0.05) is 56.3 Å². The lowest BCUT2D eigenvalue weighted by Gasteiger charge is -2.14. The van der Waals surface area contributed by atoms with Gasteiger partial charge in [-0.3, -0.25) is 9.59 Å². The molecule has 0 N–H and O–H groups in total. The molecule has 132 valence electrons. The van der Waals surface area contributed by atoms with Crippen LogP contribution in [0.3, 0.4) is 0 Å². The molecule has 0 amide bonds. The average Bonchev–Trinajstić information content (AvgIpc) is 2.59. The number of benzene rings is 2. The highest BCUT2D eigenvalue weighted by molar-refractivity contribution is 5.83. The molecule has 0 aromatic heterocycles. The third kappa shape index (κ3) is 5.38. The van der Waals surface area contributed by atoms with E-state index in [4.69, 9.17) is 0 Å². The van der Waals surface area contributed by atoms with E-state index in [-0.39, 0.29) is 17.5 Å². The van der Waals surface area contributed by atoms with E-state index in [0.717, 1.165) is 23.1 Å². The van der Waals surface area contributed by atoms with Crippen LogP contribution in [0, 0.1) is 19.8 Å². The quantitative estimate of drug-likeness (QED) is 0.693. The molecule has 0 saturated carbocycles. The monoisotopic (exact) mass is 336 g/mol. The lowest BCUT2D eigenvalue weighted by Crippen LogP contribution is -2.17. The van der Waals surface area contributed by atoms with Crippen LogP contribution in [-0.4, -0.2) is 11.6 Å². The number of carbonyl (C=O) groups is 2. The molecule has 0 heterocycles. The topological polar surface area (TPSA) is 34.1 Å². The number of hydrogen-bond donors (Lipinski definition) is 0. The number of carbonyl (C=O) groups excluding carboxylic acids is 2. The van der Waals surface area contributed by atoms with Crippen LogP contribution in [0.15, 0.2) is 42.5 Å². The number of ketones is 2. The van der Waals surface area contributed by atoms with Crippen molar-refractivity contribution in [2.45, 2.75) is 53.4 Å². The average molecular weight is 336 g/mol. The molecule has 2 heteroatoms. The fourth-order valence-corrected chi connectivity index (χ4v) is 3.06. The summed E-state index contributed by atoms with van der Waals surface area (Å²) in [7, 11) is 0. The molecule has 0 fully saturated rings. The van der Waals surface area contributed by atoms with Crippen LogP contribution in [0.5, 0.6) is 0 Å². The lowest BCUT2D eigenvalue weighted by atomic mass is 9.89. The Morgan fingerprint density at radius 2 is 1.64 bits per heavy atom. The molecule has 0 aliphatic carbocycles. The largest absolute Gasteiger partial charge is 0.299 e. The molecule has 2 aromatic carbocycles. The highest BCUT2D eigenvalue weighted by atomic mass is 16.1. The van der Waals surface area contributed by atoms with E-state index in [1.165, 1.54) is 11.1 Å². The zero-order chi connectivity index (χ0) is 18.4. The molecule has 2 rings (SSSR count). The van der Waals surface area contributed by atoms with E-state index >= 15 is 0 Å². The fourth-order valence-electron chi connectivity index (χ4n) is 3.06. The molecule has 0 aliphatic rings. The zero-order valence-electron chi connectivity index (χ0n) is 15.8. The van der Waals surface area contributed by atoms with Gasteiger partial charge in [-0.25, -0.2) is 0 Å². The maximum atomic E-state index is 12.6. The smallest absolute Gasteiger partial charge is 0.140 e. The van der Waals surface area contributed by atoms with E-state index in [1.807, 2.05) is 51.1 Å². The second-order valence-corrected chi connectivity index (χ2v) is 7.00. The first-order valence-corrected chi connectivity index (χ1v) is 9.08. The summed E-state index contributed by atoms with van der Waals surface area (Å²) >= 11 is 0. The van der Waals surface area contributed by atoms with Gasteiger partial charge in [-0.2, -0.15) is 0 Å². The summed E-state index contributed by atoms with van der Waals surface area (Å²) in [6.07, 6.45) is 2.32. The van der Waals surface area contributed by atoms with Crippen LogP contribution in [-0.2, 0) is 28.9 Å². The first kappa shape index (κ1) is 19.1. The number of aryl methyl sites for hydroxylation is 2. The third-order valence-electron chi connectivity index (χ3n) is 4.90. The fraction of sp³-hybridized carbons (Fsp3) is 0.391. The van der Waals surface area contributed by atoms with Crippen molar-refractivity contribution in [2.24, 2.45) is 5.92 Å². The highest BCUT2D eigenvalue weighted by Gasteiger charge is 2.16. The van der Waals surface area contributed by atoms with Crippen LogP contribution in [0.1, 0.15) is 48.1 Å². The van der Waals surface area contributed by atoms with Gasteiger partial charge in [0.1, 0.15) is 11.6 Å². The van der Waals surface area contributed by atoms with Crippen molar-refractivity contribution in [2.75, 3.05) is 0 Å². The van der Waals surface area contributed by atoms with Crippen molar-refractivity contribution in [3.63, 3.8) is 0 Å². The lowest BCUT2D eigenvalue weighted by molar-refractivity contribution is -0.121. The van der Waals surface area contributed by atoms with Gasteiger partial charge < -0.3 is 0 Å². The van der Waals surface area contributed by atoms with Gasteiger partial charge in [0, 0.05) is 25.2 Å². The van der Waals surface area contributed by atoms with Crippen LogP contribution in [0.4, 0.5) is 0 Å². The molecule has 2 nitrogen and oxygen atoms in total. The summed E-state index contributed by atoms with van der Waals surface area (Å²) < 4.78 is 0. The van der Waals surface area contributed by atoms with Gasteiger partial charge in [-0.05, 0) is 48.1 Å². The van der Waals surface area contributed by atoms with Crippen LogP contribution in [0.2, 0.25) is 0 Å². The molecular formula is C23H28O2. The summed E-state index contributed by atoms with van der Waals surface area (Å²) in [4.78, 5) is 24.2.